The van der Waals surface area contributed by atoms with E-state index in [1.807, 2.05) is 12.1 Å². The molecule has 1 atom stereocenters. The first-order chi connectivity index (χ1) is 10.2. The van der Waals surface area contributed by atoms with Crippen LogP contribution >= 0.6 is 11.6 Å². The Morgan fingerprint density at radius 3 is 2.52 bits per heavy atom. The largest absolute Gasteiger partial charge is 0.491 e. The highest BCUT2D eigenvalue weighted by Crippen LogP contribution is 2.15. The number of hydrogen-bond acceptors (Lipinski definition) is 3. The Hall–Kier alpha value is -0.810. The number of ether oxygens (including phenoxy) is 2. The van der Waals surface area contributed by atoms with Crippen molar-refractivity contribution in [3.63, 3.8) is 0 Å². The zero-order valence-corrected chi connectivity index (χ0v) is 13.1. The van der Waals surface area contributed by atoms with Crippen molar-refractivity contribution >= 4 is 11.6 Å². The molecule has 0 saturated carbocycles. The molecule has 0 bridgehead atoms. The van der Waals surface area contributed by atoms with Crippen molar-refractivity contribution < 1.29 is 19.5 Å². The SMILES string of the molecule is O[C@@H](COCCOc1ccc(Cl)cc1)C[NH+]1CCCCC1. The molecular weight excluding hydrogens is 290 g/mol. The van der Waals surface area contributed by atoms with Crippen LogP contribution in [0.2, 0.25) is 5.02 Å². The van der Waals surface area contributed by atoms with Gasteiger partial charge in [0.15, 0.2) is 0 Å². The Labute approximate surface area is 131 Å². The summed E-state index contributed by atoms with van der Waals surface area (Å²) in [5.74, 6) is 0.779. The van der Waals surface area contributed by atoms with Crippen LogP contribution in [0.5, 0.6) is 5.75 Å². The second kappa shape index (κ2) is 9.26. The fraction of sp³-hybridized carbons (Fsp3) is 0.625. The number of rotatable bonds is 8. The number of likely N-dealkylation sites (tertiary alicyclic amines) is 1. The molecule has 1 aromatic carbocycles. The van der Waals surface area contributed by atoms with Gasteiger partial charge in [-0.1, -0.05) is 11.6 Å². The van der Waals surface area contributed by atoms with E-state index in [1.165, 1.54) is 37.3 Å². The Bertz CT molecular complexity index is 393. The van der Waals surface area contributed by atoms with Crippen LogP contribution in [0.3, 0.4) is 0 Å². The summed E-state index contributed by atoms with van der Waals surface area (Å²) in [6.45, 7) is 4.49. The van der Waals surface area contributed by atoms with Gasteiger partial charge < -0.3 is 19.5 Å². The summed E-state index contributed by atoms with van der Waals surface area (Å²) in [5, 5.41) is 10.6. The van der Waals surface area contributed by atoms with Gasteiger partial charge >= 0.3 is 0 Å². The second-order valence-electron chi connectivity index (χ2n) is 5.55. The molecule has 0 amide bonds. The Kier molecular flexibility index (Phi) is 7.30. The van der Waals surface area contributed by atoms with E-state index in [4.69, 9.17) is 21.1 Å². The van der Waals surface area contributed by atoms with E-state index in [0.29, 0.717) is 24.8 Å². The van der Waals surface area contributed by atoms with Crippen LogP contribution in [0.15, 0.2) is 24.3 Å². The van der Waals surface area contributed by atoms with E-state index in [1.54, 1.807) is 12.1 Å². The summed E-state index contributed by atoms with van der Waals surface area (Å²) in [6.07, 6.45) is 3.50. The molecule has 118 valence electrons. The van der Waals surface area contributed by atoms with E-state index in [9.17, 15) is 5.11 Å². The van der Waals surface area contributed by atoms with Gasteiger partial charge in [0.1, 0.15) is 25.0 Å². The van der Waals surface area contributed by atoms with Gasteiger partial charge in [0.25, 0.3) is 0 Å². The zero-order chi connectivity index (χ0) is 14.9. The Balaban J connectivity index is 1.51. The van der Waals surface area contributed by atoms with E-state index in [-0.39, 0.29) is 6.10 Å². The summed E-state index contributed by atoms with van der Waals surface area (Å²) >= 11 is 5.80. The molecular formula is C16H25ClNO3+. The van der Waals surface area contributed by atoms with Gasteiger partial charge in [-0.2, -0.15) is 0 Å². The van der Waals surface area contributed by atoms with Gasteiger partial charge in [-0.3, -0.25) is 0 Å². The van der Waals surface area contributed by atoms with E-state index < -0.39 is 0 Å². The van der Waals surface area contributed by atoms with Gasteiger partial charge in [0.05, 0.1) is 26.3 Å². The van der Waals surface area contributed by atoms with Gasteiger partial charge in [0, 0.05) is 5.02 Å². The molecule has 0 radical (unpaired) electrons. The number of aliphatic hydroxyl groups excluding tert-OH is 1. The highest BCUT2D eigenvalue weighted by atomic mass is 35.5. The monoisotopic (exact) mass is 314 g/mol. The molecule has 0 aromatic heterocycles. The average Bonchev–Trinajstić information content (AvgIpc) is 2.50. The maximum Gasteiger partial charge on any atom is 0.126 e. The maximum absolute atomic E-state index is 9.95. The van der Waals surface area contributed by atoms with Crippen molar-refractivity contribution in [1.82, 2.24) is 0 Å². The number of quaternary nitrogens is 1. The van der Waals surface area contributed by atoms with Crippen LogP contribution < -0.4 is 9.64 Å². The minimum absolute atomic E-state index is 0.381. The first-order valence-corrected chi connectivity index (χ1v) is 8.09. The van der Waals surface area contributed by atoms with Crippen LogP contribution in [-0.4, -0.2) is 50.7 Å². The lowest BCUT2D eigenvalue weighted by molar-refractivity contribution is -0.908. The van der Waals surface area contributed by atoms with Crippen molar-refractivity contribution in [2.45, 2.75) is 25.4 Å². The Morgan fingerprint density at radius 1 is 1.10 bits per heavy atom. The minimum Gasteiger partial charge on any atom is -0.491 e. The second-order valence-corrected chi connectivity index (χ2v) is 5.98. The number of hydrogen-bond donors (Lipinski definition) is 2. The molecule has 2 N–H and O–H groups in total. The van der Waals surface area contributed by atoms with Crippen LogP contribution in [-0.2, 0) is 4.74 Å². The highest BCUT2D eigenvalue weighted by molar-refractivity contribution is 6.30. The normalized spacial score (nSPS) is 17.6. The topological polar surface area (TPSA) is 43.1 Å². The molecule has 1 heterocycles. The summed E-state index contributed by atoms with van der Waals surface area (Å²) in [5.41, 5.74) is 0. The lowest BCUT2D eigenvalue weighted by atomic mass is 10.1. The van der Waals surface area contributed by atoms with Gasteiger partial charge in [-0.25, -0.2) is 0 Å². The maximum atomic E-state index is 9.95. The molecule has 1 fully saturated rings. The highest BCUT2D eigenvalue weighted by Gasteiger charge is 2.17. The number of piperidine rings is 1. The standard InChI is InChI=1S/C16H24ClNO3/c17-14-4-6-16(7-5-14)21-11-10-20-13-15(19)12-18-8-2-1-3-9-18/h4-7,15,19H,1-3,8-13H2/p+1/t15-/m1/s1. The van der Waals surface area contributed by atoms with Crippen molar-refractivity contribution in [3.05, 3.63) is 29.3 Å². The number of benzene rings is 1. The molecule has 1 aliphatic heterocycles. The first kappa shape index (κ1) is 16.6. The lowest BCUT2D eigenvalue weighted by Gasteiger charge is -2.25. The molecule has 0 unspecified atom stereocenters. The predicted molar refractivity (Wildman–Crippen MR) is 83.2 cm³/mol. The van der Waals surface area contributed by atoms with E-state index >= 15 is 0 Å². The lowest BCUT2D eigenvalue weighted by Crippen LogP contribution is -3.14. The van der Waals surface area contributed by atoms with Crippen LogP contribution in [0.4, 0.5) is 0 Å². The van der Waals surface area contributed by atoms with Gasteiger partial charge in [-0.05, 0) is 43.5 Å². The third-order valence-corrected chi connectivity index (χ3v) is 3.96. The molecule has 21 heavy (non-hydrogen) atoms. The Morgan fingerprint density at radius 2 is 1.81 bits per heavy atom. The number of halogens is 1. The van der Waals surface area contributed by atoms with E-state index in [2.05, 4.69) is 0 Å². The number of nitrogens with one attached hydrogen (secondary N) is 1. The fourth-order valence-electron chi connectivity index (χ4n) is 2.62. The third-order valence-electron chi connectivity index (χ3n) is 3.71. The first-order valence-electron chi connectivity index (χ1n) is 7.72. The fourth-order valence-corrected chi connectivity index (χ4v) is 2.74. The molecule has 1 saturated heterocycles. The quantitative estimate of drug-likeness (QED) is 0.708. The summed E-state index contributed by atoms with van der Waals surface area (Å²) in [6, 6.07) is 7.25. The van der Waals surface area contributed by atoms with Crippen LogP contribution in [0.25, 0.3) is 0 Å². The van der Waals surface area contributed by atoms with Gasteiger partial charge in [-0.15, -0.1) is 0 Å². The summed E-state index contributed by atoms with van der Waals surface area (Å²) < 4.78 is 11.0. The van der Waals surface area contributed by atoms with Crippen LogP contribution in [0.1, 0.15) is 19.3 Å². The molecule has 0 aliphatic carbocycles. The molecule has 4 nitrogen and oxygen atoms in total. The minimum atomic E-state index is -0.381. The zero-order valence-electron chi connectivity index (χ0n) is 12.4. The van der Waals surface area contributed by atoms with Crippen molar-refractivity contribution in [2.75, 3.05) is 39.5 Å². The summed E-state index contributed by atoms with van der Waals surface area (Å²) in [7, 11) is 0. The third kappa shape index (κ3) is 6.66. The number of aliphatic hydroxyl groups is 1. The smallest absolute Gasteiger partial charge is 0.126 e. The molecule has 1 aliphatic rings. The van der Waals surface area contributed by atoms with Crippen LogP contribution in [0, 0.1) is 0 Å². The average molecular weight is 315 g/mol. The molecule has 1 aromatic rings. The van der Waals surface area contributed by atoms with Crippen molar-refractivity contribution in [1.29, 1.82) is 0 Å². The van der Waals surface area contributed by atoms with E-state index in [0.717, 1.165) is 12.3 Å². The van der Waals surface area contributed by atoms with Crippen molar-refractivity contribution in [2.24, 2.45) is 0 Å². The predicted octanol–water partition coefficient (Wildman–Crippen LogP) is 1.17. The molecule has 5 heteroatoms. The van der Waals surface area contributed by atoms with Gasteiger partial charge in [0.2, 0.25) is 0 Å². The van der Waals surface area contributed by atoms with Crippen molar-refractivity contribution in [3.8, 4) is 5.75 Å². The summed E-state index contributed by atoms with van der Waals surface area (Å²) in [4.78, 5) is 1.50. The molecule has 0 spiro atoms. The molecule has 2 rings (SSSR count).